The summed E-state index contributed by atoms with van der Waals surface area (Å²) in [5, 5.41) is 2.79. The summed E-state index contributed by atoms with van der Waals surface area (Å²) in [5.41, 5.74) is 1.52. The molecule has 0 spiro atoms. The third-order valence-electron chi connectivity index (χ3n) is 5.53. The van der Waals surface area contributed by atoms with Crippen molar-refractivity contribution < 1.29 is 28.2 Å². The molecule has 1 N–H and O–H groups in total. The van der Waals surface area contributed by atoms with Crippen LogP contribution in [-0.2, 0) is 16.0 Å². The maximum absolute atomic E-state index is 13.0. The first-order valence-electron chi connectivity index (χ1n) is 10.4. The van der Waals surface area contributed by atoms with Crippen molar-refractivity contribution in [1.82, 2.24) is 9.80 Å². The molecular formula is C23H24FN3O5. The molecule has 0 atom stereocenters. The molecule has 168 valence electrons. The minimum absolute atomic E-state index is 0.0211. The van der Waals surface area contributed by atoms with E-state index in [1.165, 1.54) is 19.1 Å². The number of ketones is 1. The molecule has 0 bridgehead atoms. The van der Waals surface area contributed by atoms with Crippen LogP contribution in [0.4, 0.5) is 10.1 Å². The van der Waals surface area contributed by atoms with Crippen LogP contribution in [0.2, 0.25) is 0 Å². The average Bonchev–Trinajstić information content (AvgIpc) is 3.22. The van der Waals surface area contributed by atoms with Crippen molar-refractivity contribution in [2.45, 2.75) is 13.3 Å². The summed E-state index contributed by atoms with van der Waals surface area (Å²) in [6.07, 6.45) is 0.221. The molecule has 2 amide bonds. The van der Waals surface area contributed by atoms with Gasteiger partial charge in [-0.25, -0.2) is 4.39 Å². The van der Waals surface area contributed by atoms with Gasteiger partial charge in [-0.05, 0) is 30.7 Å². The van der Waals surface area contributed by atoms with Gasteiger partial charge in [0.25, 0.3) is 0 Å². The van der Waals surface area contributed by atoms with Gasteiger partial charge in [-0.1, -0.05) is 12.1 Å². The molecule has 0 unspecified atom stereocenters. The first-order valence-corrected chi connectivity index (χ1v) is 10.4. The largest absolute Gasteiger partial charge is 0.454 e. The first-order chi connectivity index (χ1) is 15.4. The van der Waals surface area contributed by atoms with Crippen molar-refractivity contribution in [3.8, 4) is 11.5 Å². The number of hydrogen-bond donors (Lipinski definition) is 1. The molecule has 0 aromatic heterocycles. The van der Waals surface area contributed by atoms with Gasteiger partial charge in [-0.3, -0.25) is 19.3 Å². The Hall–Kier alpha value is -3.46. The Labute approximate surface area is 184 Å². The van der Waals surface area contributed by atoms with Gasteiger partial charge in [0.2, 0.25) is 18.6 Å². The second-order valence-corrected chi connectivity index (χ2v) is 7.82. The van der Waals surface area contributed by atoms with Crippen LogP contribution in [0.3, 0.4) is 0 Å². The van der Waals surface area contributed by atoms with Crippen LogP contribution in [0, 0.1) is 5.82 Å². The Kier molecular flexibility index (Phi) is 6.36. The fourth-order valence-electron chi connectivity index (χ4n) is 3.77. The fraction of sp³-hybridized carbons (Fsp3) is 0.348. The van der Waals surface area contributed by atoms with E-state index in [1.54, 1.807) is 29.2 Å². The highest BCUT2D eigenvalue weighted by atomic mass is 19.1. The van der Waals surface area contributed by atoms with Gasteiger partial charge in [-0.15, -0.1) is 0 Å². The number of hydrogen-bond acceptors (Lipinski definition) is 6. The summed E-state index contributed by atoms with van der Waals surface area (Å²) >= 11 is 0. The number of carbonyl (C=O) groups excluding carboxylic acids is 3. The lowest BCUT2D eigenvalue weighted by Gasteiger charge is -2.34. The van der Waals surface area contributed by atoms with E-state index in [0.29, 0.717) is 48.9 Å². The maximum Gasteiger partial charge on any atom is 0.238 e. The van der Waals surface area contributed by atoms with Gasteiger partial charge >= 0.3 is 0 Å². The zero-order valence-corrected chi connectivity index (χ0v) is 17.7. The summed E-state index contributed by atoms with van der Waals surface area (Å²) in [4.78, 5) is 40.8. The van der Waals surface area contributed by atoms with Crippen LogP contribution in [0.25, 0.3) is 0 Å². The monoisotopic (exact) mass is 441 g/mol. The van der Waals surface area contributed by atoms with Gasteiger partial charge in [0, 0.05) is 37.8 Å². The molecule has 2 aliphatic heterocycles. The highest BCUT2D eigenvalue weighted by Crippen LogP contribution is 2.37. The molecule has 9 heteroatoms. The third kappa shape index (κ3) is 5.05. The SMILES string of the molecule is CC(=O)c1cc2c(cc1NC(=O)CN1CCN(C(=O)Cc3ccc(F)cc3)CC1)OCO2. The van der Waals surface area contributed by atoms with E-state index in [9.17, 15) is 18.8 Å². The Bertz CT molecular complexity index is 1030. The molecule has 1 fully saturated rings. The topological polar surface area (TPSA) is 88.2 Å². The van der Waals surface area contributed by atoms with Gasteiger partial charge in [0.05, 0.1) is 18.7 Å². The zero-order valence-electron chi connectivity index (χ0n) is 17.7. The van der Waals surface area contributed by atoms with E-state index in [2.05, 4.69) is 5.32 Å². The predicted octanol–water partition coefficient (Wildman–Crippen LogP) is 2.08. The molecule has 0 radical (unpaired) electrons. The van der Waals surface area contributed by atoms with Crippen LogP contribution in [-0.4, -0.2) is 66.9 Å². The predicted molar refractivity (Wildman–Crippen MR) is 114 cm³/mol. The maximum atomic E-state index is 13.0. The lowest BCUT2D eigenvalue weighted by Crippen LogP contribution is -2.50. The average molecular weight is 441 g/mol. The molecular weight excluding hydrogens is 417 g/mol. The number of nitrogens with zero attached hydrogens (tertiary/aromatic N) is 2. The van der Waals surface area contributed by atoms with E-state index in [4.69, 9.17) is 9.47 Å². The molecule has 32 heavy (non-hydrogen) atoms. The van der Waals surface area contributed by atoms with Crippen LogP contribution >= 0.6 is 0 Å². The fourth-order valence-corrected chi connectivity index (χ4v) is 3.77. The molecule has 2 heterocycles. The van der Waals surface area contributed by atoms with Gasteiger partial charge in [-0.2, -0.15) is 0 Å². The highest BCUT2D eigenvalue weighted by Gasteiger charge is 2.24. The molecule has 0 saturated carbocycles. The normalized spacial score (nSPS) is 15.5. The summed E-state index contributed by atoms with van der Waals surface area (Å²) in [6.45, 7) is 3.79. The molecule has 8 nitrogen and oxygen atoms in total. The second kappa shape index (κ2) is 9.35. The summed E-state index contributed by atoms with van der Waals surface area (Å²) in [6, 6.07) is 9.08. The number of piperazine rings is 1. The molecule has 0 aliphatic carbocycles. The van der Waals surface area contributed by atoms with Crippen molar-refractivity contribution in [3.63, 3.8) is 0 Å². The van der Waals surface area contributed by atoms with Crippen molar-refractivity contribution in [2.75, 3.05) is 44.8 Å². The number of Topliss-reactive ketones (excluding diaryl/α,β-unsaturated/α-hetero) is 1. The van der Waals surface area contributed by atoms with E-state index < -0.39 is 0 Å². The van der Waals surface area contributed by atoms with Crippen molar-refractivity contribution in [2.24, 2.45) is 0 Å². The van der Waals surface area contributed by atoms with E-state index in [1.807, 2.05) is 4.90 Å². The van der Waals surface area contributed by atoms with Crippen molar-refractivity contribution in [1.29, 1.82) is 0 Å². The zero-order chi connectivity index (χ0) is 22.7. The minimum Gasteiger partial charge on any atom is -0.454 e. The molecule has 4 rings (SSSR count). The van der Waals surface area contributed by atoms with Gasteiger partial charge in [0.1, 0.15) is 5.82 Å². The van der Waals surface area contributed by atoms with Crippen LogP contribution < -0.4 is 14.8 Å². The standard InChI is InChI=1S/C23H24FN3O5/c1-15(28)18-11-20-21(32-14-31-20)12-19(18)25-22(29)13-26-6-8-27(9-7-26)23(30)10-16-2-4-17(24)5-3-16/h2-5,11-12H,6-10,13-14H2,1H3,(H,25,29). The lowest BCUT2D eigenvalue weighted by molar-refractivity contribution is -0.132. The number of anilines is 1. The summed E-state index contributed by atoms with van der Waals surface area (Å²) in [7, 11) is 0. The number of carbonyl (C=O) groups is 3. The third-order valence-corrected chi connectivity index (χ3v) is 5.53. The number of fused-ring (bicyclic) bond motifs is 1. The van der Waals surface area contributed by atoms with E-state index in [0.717, 1.165) is 5.56 Å². The van der Waals surface area contributed by atoms with E-state index in [-0.39, 0.29) is 43.2 Å². The highest BCUT2D eigenvalue weighted by molar-refractivity contribution is 6.05. The number of halogens is 1. The van der Waals surface area contributed by atoms with Crippen molar-refractivity contribution in [3.05, 3.63) is 53.3 Å². The molecule has 1 saturated heterocycles. The van der Waals surface area contributed by atoms with Crippen LogP contribution in [0.1, 0.15) is 22.8 Å². The van der Waals surface area contributed by atoms with E-state index >= 15 is 0 Å². The Morgan fingerprint density at radius 3 is 2.31 bits per heavy atom. The lowest BCUT2D eigenvalue weighted by atomic mass is 10.1. The smallest absolute Gasteiger partial charge is 0.238 e. The minimum atomic E-state index is -0.329. The van der Waals surface area contributed by atoms with Gasteiger partial charge in [0.15, 0.2) is 17.3 Å². The molecule has 2 aliphatic rings. The second-order valence-electron chi connectivity index (χ2n) is 7.82. The number of rotatable bonds is 6. The number of amides is 2. The molecule has 2 aromatic carbocycles. The Morgan fingerprint density at radius 2 is 1.66 bits per heavy atom. The summed E-state index contributed by atoms with van der Waals surface area (Å²) in [5.74, 6) is 0.175. The van der Waals surface area contributed by atoms with Crippen molar-refractivity contribution >= 4 is 23.3 Å². The number of nitrogens with one attached hydrogen (secondary N) is 1. The summed E-state index contributed by atoms with van der Waals surface area (Å²) < 4.78 is 23.7. The Balaban J connectivity index is 1.29. The van der Waals surface area contributed by atoms with Crippen LogP contribution in [0.5, 0.6) is 11.5 Å². The van der Waals surface area contributed by atoms with Crippen LogP contribution in [0.15, 0.2) is 36.4 Å². The number of ether oxygens (including phenoxy) is 2. The Morgan fingerprint density at radius 1 is 1.00 bits per heavy atom. The molecule has 2 aromatic rings. The van der Waals surface area contributed by atoms with Gasteiger partial charge < -0.3 is 19.7 Å². The quantitative estimate of drug-likeness (QED) is 0.691. The number of benzene rings is 2. The first kappa shape index (κ1) is 21.8.